The lowest BCUT2D eigenvalue weighted by atomic mass is 9.94. The highest BCUT2D eigenvalue weighted by Crippen LogP contribution is 2.33. The number of hydrogen-bond acceptors (Lipinski definition) is 4. The van der Waals surface area contributed by atoms with Crippen molar-refractivity contribution in [3.8, 4) is 5.75 Å². The average Bonchev–Trinajstić information content (AvgIpc) is 2.96. The van der Waals surface area contributed by atoms with Crippen LogP contribution in [-0.2, 0) is 6.42 Å². The van der Waals surface area contributed by atoms with E-state index in [2.05, 4.69) is 10.1 Å². The van der Waals surface area contributed by atoms with E-state index in [-0.39, 0.29) is 5.91 Å². The maximum atomic E-state index is 13.1. The van der Waals surface area contributed by atoms with Gasteiger partial charge in [-0.2, -0.15) is 5.10 Å². The first kappa shape index (κ1) is 17.1. The largest absolute Gasteiger partial charge is 0.496 e. The molecule has 5 nitrogen and oxygen atoms in total. The number of ether oxygens (including phenoxy) is 1. The quantitative estimate of drug-likeness (QED) is 0.855. The van der Waals surface area contributed by atoms with Gasteiger partial charge < -0.3 is 4.74 Å². The molecule has 0 radical (unpaired) electrons. The molecule has 1 aliphatic rings. The van der Waals surface area contributed by atoms with Gasteiger partial charge in [-0.15, -0.1) is 0 Å². The lowest BCUT2D eigenvalue weighted by Crippen LogP contribution is -2.41. The van der Waals surface area contributed by atoms with E-state index < -0.39 is 5.54 Å². The zero-order valence-electron chi connectivity index (χ0n) is 15.1. The molecule has 0 aliphatic carbocycles. The summed E-state index contributed by atoms with van der Waals surface area (Å²) in [5.41, 5.74) is 2.99. The second-order valence-electron chi connectivity index (χ2n) is 6.74. The van der Waals surface area contributed by atoms with Crippen molar-refractivity contribution in [2.24, 2.45) is 5.10 Å². The van der Waals surface area contributed by atoms with Gasteiger partial charge in [0, 0.05) is 29.9 Å². The van der Waals surface area contributed by atoms with E-state index in [0.29, 0.717) is 12.0 Å². The van der Waals surface area contributed by atoms with E-state index in [4.69, 9.17) is 4.74 Å². The van der Waals surface area contributed by atoms with Crippen LogP contribution in [0.4, 0.5) is 0 Å². The van der Waals surface area contributed by atoms with Gasteiger partial charge in [0.15, 0.2) is 0 Å². The van der Waals surface area contributed by atoms with Gasteiger partial charge in [-0.1, -0.05) is 19.1 Å². The Hall–Kier alpha value is -2.69. The first-order valence-electron chi connectivity index (χ1n) is 8.46. The third kappa shape index (κ3) is 3.14. The van der Waals surface area contributed by atoms with Gasteiger partial charge in [0.1, 0.15) is 5.75 Å². The fourth-order valence-electron chi connectivity index (χ4n) is 3.16. The summed E-state index contributed by atoms with van der Waals surface area (Å²) in [5, 5.41) is 6.27. The molecule has 0 fully saturated rings. The van der Waals surface area contributed by atoms with Crippen molar-refractivity contribution in [1.82, 2.24) is 9.99 Å². The maximum absolute atomic E-state index is 13.1. The Kier molecular flexibility index (Phi) is 4.57. The number of amides is 1. The van der Waals surface area contributed by atoms with Crippen molar-refractivity contribution in [3.05, 3.63) is 59.4 Å². The highest BCUT2D eigenvalue weighted by molar-refractivity contribution is 6.07. The van der Waals surface area contributed by atoms with Crippen molar-refractivity contribution in [2.75, 3.05) is 7.11 Å². The predicted octanol–water partition coefficient (Wildman–Crippen LogP) is 3.68. The summed E-state index contributed by atoms with van der Waals surface area (Å²) in [5.74, 6) is 0.679. The molecule has 1 amide bonds. The van der Waals surface area contributed by atoms with Gasteiger partial charge in [-0.25, -0.2) is 5.01 Å². The van der Waals surface area contributed by atoms with Crippen LogP contribution in [0.3, 0.4) is 0 Å². The van der Waals surface area contributed by atoms with Gasteiger partial charge in [0.05, 0.1) is 18.4 Å². The molecule has 0 unspecified atom stereocenters. The van der Waals surface area contributed by atoms with Crippen molar-refractivity contribution in [1.29, 1.82) is 0 Å². The summed E-state index contributed by atoms with van der Waals surface area (Å²) in [7, 11) is 1.65. The Labute approximate surface area is 148 Å². The Morgan fingerprint density at radius 1 is 1.28 bits per heavy atom. The number of rotatable bonds is 4. The third-order valence-corrected chi connectivity index (χ3v) is 4.52. The first-order valence-corrected chi connectivity index (χ1v) is 8.46. The summed E-state index contributed by atoms with van der Waals surface area (Å²) < 4.78 is 5.45. The SMILES string of the molecule is CCc1cnccc1C(=O)N1N=C(c2ccccc2OC)CC1(C)C. The molecular weight excluding hydrogens is 314 g/mol. The van der Waals surface area contributed by atoms with Crippen LogP contribution >= 0.6 is 0 Å². The van der Waals surface area contributed by atoms with Gasteiger partial charge in [0.2, 0.25) is 0 Å². The topological polar surface area (TPSA) is 54.8 Å². The van der Waals surface area contributed by atoms with Crippen molar-refractivity contribution < 1.29 is 9.53 Å². The normalized spacial score (nSPS) is 15.8. The van der Waals surface area contributed by atoms with Crippen molar-refractivity contribution >= 4 is 11.6 Å². The maximum Gasteiger partial charge on any atom is 0.274 e. The molecule has 0 N–H and O–H groups in total. The number of nitrogens with zero attached hydrogens (tertiary/aromatic N) is 3. The fraction of sp³-hybridized carbons (Fsp3) is 0.350. The highest BCUT2D eigenvalue weighted by Gasteiger charge is 2.39. The predicted molar refractivity (Wildman–Crippen MR) is 98.0 cm³/mol. The molecule has 3 rings (SSSR count). The highest BCUT2D eigenvalue weighted by atomic mass is 16.5. The first-order chi connectivity index (χ1) is 12.0. The molecule has 0 spiro atoms. The molecular formula is C20H23N3O2. The Morgan fingerprint density at radius 3 is 2.76 bits per heavy atom. The summed E-state index contributed by atoms with van der Waals surface area (Å²) in [6.45, 7) is 6.08. The molecule has 25 heavy (non-hydrogen) atoms. The molecule has 1 aromatic carbocycles. The number of hydrogen-bond donors (Lipinski definition) is 0. The number of aryl methyl sites for hydroxylation is 1. The molecule has 2 aromatic rings. The standard InChI is InChI=1S/C20H23N3O2/c1-5-14-13-21-11-10-15(14)19(24)23-20(2,3)12-17(22-23)16-8-6-7-9-18(16)25-4/h6-11,13H,5,12H2,1-4H3. The van der Waals surface area contributed by atoms with Crippen LogP contribution < -0.4 is 4.74 Å². The molecule has 0 atom stereocenters. The van der Waals surface area contributed by atoms with Crippen LogP contribution in [-0.4, -0.2) is 34.3 Å². The number of hydrazone groups is 1. The minimum atomic E-state index is -0.401. The minimum absolute atomic E-state index is 0.0888. The average molecular weight is 337 g/mol. The summed E-state index contributed by atoms with van der Waals surface area (Å²) in [6.07, 6.45) is 4.83. The monoisotopic (exact) mass is 337 g/mol. The Balaban J connectivity index is 2.01. The van der Waals surface area contributed by atoms with Crippen LogP contribution in [0.5, 0.6) is 5.75 Å². The zero-order valence-corrected chi connectivity index (χ0v) is 15.1. The van der Waals surface area contributed by atoms with Crippen LogP contribution in [0, 0.1) is 0 Å². The van der Waals surface area contributed by atoms with E-state index in [0.717, 1.165) is 29.0 Å². The fourth-order valence-corrected chi connectivity index (χ4v) is 3.16. The van der Waals surface area contributed by atoms with Crippen LogP contribution in [0.2, 0.25) is 0 Å². The van der Waals surface area contributed by atoms with Crippen LogP contribution in [0.15, 0.2) is 47.8 Å². The molecule has 5 heteroatoms. The van der Waals surface area contributed by atoms with Crippen LogP contribution in [0.25, 0.3) is 0 Å². The molecule has 2 heterocycles. The third-order valence-electron chi connectivity index (χ3n) is 4.52. The second kappa shape index (κ2) is 6.67. The molecule has 0 saturated carbocycles. The number of aromatic nitrogens is 1. The van der Waals surface area contributed by atoms with E-state index in [1.165, 1.54) is 0 Å². The van der Waals surface area contributed by atoms with Crippen LogP contribution in [0.1, 0.15) is 48.7 Å². The Bertz CT molecular complexity index is 827. The van der Waals surface area contributed by atoms with Crippen molar-refractivity contribution in [3.63, 3.8) is 0 Å². The zero-order chi connectivity index (χ0) is 18.0. The van der Waals surface area contributed by atoms with Gasteiger partial charge >= 0.3 is 0 Å². The molecule has 1 aliphatic heterocycles. The lowest BCUT2D eigenvalue weighted by molar-refractivity contribution is 0.0611. The summed E-state index contributed by atoms with van der Waals surface area (Å²) in [4.78, 5) is 17.3. The van der Waals surface area contributed by atoms with E-state index >= 15 is 0 Å². The van der Waals surface area contributed by atoms with Gasteiger partial charge in [-0.3, -0.25) is 9.78 Å². The van der Waals surface area contributed by atoms with E-state index in [1.807, 2.05) is 45.0 Å². The summed E-state index contributed by atoms with van der Waals surface area (Å²) in [6, 6.07) is 9.54. The number of carbonyl (C=O) groups excluding carboxylic acids is 1. The summed E-state index contributed by atoms with van der Waals surface area (Å²) >= 11 is 0. The van der Waals surface area contributed by atoms with E-state index in [1.54, 1.807) is 30.6 Å². The molecule has 1 aromatic heterocycles. The number of methoxy groups -OCH3 is 1. The number of carbonyl (C=O) groups is 1. The molecule has 0 bridgehead atoms. The second-order valence-corrected chi connectivity index (χ2v) is 6.74. The van der Waals surface area contributed by atoms with E-state index in [9.17, 15) is 4.79 Å². The van der Waals surface area contributed by atoms with Crippen molar-refractivity contribution in [2.45, 2.75) is 39.2 Å². The van der Waals surface area contributed by atoms with Gasteiger partial charge in [-0.05, 0) is 44.0 Å². The Morgan fingerprint density at radius 2 is 2.04 bits per heavy atom. The number of para-hydroxylation sites is 1. The van der Waals surface area contributed by atoms with Gasteiger partial charge in [0.25, 0.3) is 5.91 Å². The minimum Gasteiger partial charge on any atom is -0.496 e. The number of benzene rings is 1. The molecule has 130 valence electrons. The smallest absolute Gasteiger partial charge is 0.274 e. The lowest BCUT2D eigenvalue weighted by Gasteiger charge is -2.29. The number of pyridine rings is 1. The molecule has 0 saturated heterocycles.